The highest BCUT2D eigenvalue weighted by Crippen LogP contribution is 2.61. The van der Waals surface area contributed by atoms with Crippen molar-refractivity contribution < 1.29 is 38.9 Å². The Labute approximate surface area is 214 Å². The molecule has 0 radical (unpaired) electrons. The van der Waals surface area contributed by atoms with Gasteiger partial charge < -0.3 is 29.5 Å². The van der Waals surface area contributed by atoms with Crippen molar-refractivity contribution in [1.29, 1.82) is 0 Å². The number of hydrogen-bond acceptors (Lipinski definition) is 7. The van der Waals surface area contributed by atoms with Crippen LogP contribution in [0.5, 0.6) is 34.5 Å². The molecule has 9 heteroatoms. The largest absolute Gasteiger partial charge is 0.584 e. The highest BCUT2D eigenvalue weighted by molar-refractivity contribution is 7.48. The van der Waals surface area contributed by atoms with Gasteiger partial charge in [0, 0.05) is 33.0 Å². The first kappa shape index (κ1) is 25.1. The third-order valence-electron chi connectivity index (χ3n) is 6.99. The fourth-order valence-corrected chi connectivity index (χ4v) is 6.39. The second-order valence-electron chi connectivity index (χ2n) is 10.3. The van der Waals surface area contributed by atoms with Gasteiger partial charge in [0.05, 0.1) is 0 Å². The summed E-state index contributed by atoms with van der Waals surface area (Å²) in [4.78, 5) is 10.8. The summed E-state index contributed by atoms with van der Waals surface area (Å²) in [5, 5.41) is 44.1. The minimum absolute atomic E-state index is 0.0475. The monoisotopic (exact) mass is 524 g/mol. The Balaban J connectivity index is 2.01. The van der Waals surface area contributed by atoms with Crippen LogP contribution in [-0.2, 0) is 4.57 Å². The Bertz CT molecular complexity index is 1570. The first-order chi connectivity index (χ1) is 17.2. The fraction of sp³-hybridized carbons (Fsp3) is 0.286. The zero-order chi connectivity index (χ0) is 27.1. The molecule has 0 saturated carbocycles. The summed E-state index contributed by atoms with van der Waals surface area (Å²) in [5.41, 5.74) is 3.34. The van der Waals surface area contributed by atoms with Crippen LogP contribution in [-0.4, -0.2) is 25.3 Å². The van der Waals surface area contributed by atoms with Crippen LogP contribution < -0.4 is 9.05 Å². The van der Waals surface area contributed by atoms with E-state index in [2.05, 4.69) is 0 Å². The van der Waals surface area contributed by atoms with E-state index >= 15 is 0 Å². The molecule has 1 aliphatic rings. The molecule has 1 heterocycles. The number of phosphoric ester groups is 1. The lowest BCUT2D eigenvalue weighted by Crippen LogP contribution is -2.00. The average molecular weight is 525 g/mol. The number of rotatable bonds is 2. The lowest BCUT2D eigenvalue weighted by Gasteiger charge is -2.21. The zero-order valence-electron chi connectivity index (χ0n) is 21.4. The van der Waals surface area contributed by atoms with Gasteiger partial charge >= 0.3 is 7.82 Å². The third-order valence-corrected chi connectivity index (χ3v) is 7.82. The number of fused-ring (bicyclic) bond motifs is 7. The summed E-state index contributed by atoms with van der Waals surface area (Å²) in [6.45, 7) is 11.1. The molecule has 194 valence electrons. The quantitative estimate of drug-likeness (QED) is 0.137. The Morgan fingerprint density at radius 1 is 0.649 bits per heavy atom. The summed E-state index contributed by atoms with van der Waals surface area (Å²) in [6.07, 6.45) is 0. The molecule has 4 aromatic carbocycles. The Kier molecular flexibility index (Phi) is 5.55. The fourth-order valence-electron chi connectivity index (χ4n) is 5.51. The molecule has 5 rings (SSSR count). The van der Waals surface area contributed by atoms with E-state index in [0.717, 1.165) is 0 Å². The first-order valence-electron chi connectivity index (χ1n) is 12.0. The van der Waals surface area contributed by atoms with Gasteiger partial charge in [-0.3, -0.25) is 4.89 Å². The molecule has 5 N–H and O–H groups in total. The number of hydrogen-bond donors (Lipinski definition) is 5. The van der Waals surface area contributed by atoms with E-state index in [1.165, 1.54) is 12.1 Å². The van der Waals surface area contributed by atoms with Crippen LogP contribution in [0, 0.1) is 13.8 Å². The highest BCUT2D eigenvalue weighted by atomic mass is 31.2. The molecule has 0 atom stereocenters. The lowest BCUT2D eigenvalue weighted by molar-refractivity contribution is 0.296. The molecular formula is C28H29O8P. The molecule has 1 aliphatic heterocycles. The van der Waals surface area contributed by atoms with Crippen LogP contribution in [0.25, 0.3) is 32.7 Å². The van der Waals surface area contributed by atoms with Crippen molar-refractivity contribution in [2.75, 3.05) is 0 Å². The maximum absolute atomic E-state index is 13.3. The van der Waals surface area contributed by atoms with Gasteiger partial charge in [-0.1, -0.05) is 39.8 Å². The van der Waals surface area contributed by atoms with Crippen LogP contribution in [0.4, 0.5) is 0 Å². The summed E-state index contributed by atoms with van der Waals surface area (Å²) in [5.74, 6) is -1.49. The highest BCUT2D eigenvalue weighted by Gasteiger charge is 2.37. The van der Waals surface area contributed by atoms with Gasteiger partial charge in [0.25, 0.3) is 0 Å². The summed E-state index contributed by atoms with van der Waals surface area (Å²) in [6, 6.07) is 6.33. The zero-order valence-corrected chi connectivity index (χ0v) is 22.3. The van der Waals surface area contributed by atoms with Crippen molar-refractivity contribution in [2.24, 2.45) is 0 Å². The van der Waals surface area contributed by atoms with Gasteiger partial charge in [0.2, 0.25) is 0 Å². The van der Waals surface area contributed by atoms with E-state index in [4.69, 9.17) is 9.05 Å². The van der Waals surface area contributed by atoms with E-state index < -0.39 is 7.82 Å². The number of aromatic hydroxyl groups is 4. The second-order valence-corrected chi connectivity index (χ2v) is 11.6. The van der Waals surface area contributed by atoms with Crippen molar-refractivity contribution >= 4 is 29.4 Å². The molecule has 0 aromatic heterocycles. The Morgan fingerprint density at radius 3 is 1.32 bits per heavy atom. The van der Waals surface area contributed by atoms with Crippen LogP contribution in [0.1, 0.15) is 61.8 Å². The molecule has 0 bridgehead atoms. The van der Waals surface area contributed by atoms with E-state index in [0.29, 0.717) is 54.9 Å². The van der Waals surface area contributed by atoms with Gasteiger partial charge in [-0.15, -0.1) is 0 Å². The minimum Gasteiger partial charge on any atom is -0.504 e. The van der Waals surface area contributed by atoms with Crippen molar-refractivity contribution in [3.8, 4) is 45.6 Å². The normalized spacial score (nSPS) is 14.4. The van der Waals surface area contributed by atoms with Crippen LogP contribution in [0.15, 0.2) is 24.3 Å². The SMILES string of the molecule is Cc1cc2c(C(C)C)c(O)c(O)cc2c2c1-c1c(C)cc3c(C(C)C)c(O)c(O)cc3c1OP(=O)(O)O2. The predicted molar refractivity (Wildman–Crippen MR) is 142 cm³/mol. The molecule has 0 unspecified atom stereocenters. The molecule has 4 aromatic rings. The van der Waals surface area contributed by atoms with E-state index in [9.17, 15) is 29.9 Å². The van der Waals surface area contributed by atoms with Crippen molar-refractivity contribution in [2.45, 2.75) is 53.4 Å². The van der Waals surface area contributed by atoms with Gasteiger partial charge in [0.1, 0.15) is 11.5 Å². The van der Waals surface area contributed by atoms with Crippen molar-refractivity contribution in [3.05, 3.63) is 46.5 Å². The van der Waals surface area contributed by atoms with Gasteiger partial charge in [-0.05, 0) is 59.7 Å². The molecule has 8 nitrogen and oxygen atoms in total. The van der Waals surface area contributed by atoms with Gasteiger partial charge in [0.15, 0.2) is 23.0 Å². The molecule has 0 spiro atoms. The molecular weight excluding hydrogens is 495 g/mol. The number of benzene rings is 4. The summed E-state index contributed by atoms with van der Waals surface area (Å²) >= 11 is 0. The Morgan fingerprint density at radius 2 is 1.00 bits per heavy atom. The van der Waals surface area contributed by atoms with E-state index in [-0.39, 0.29) is 46.3 Å². The van der Waals surface area contributed by atoms with Crippen LogP contribution >= 0.6 is 7.82 Å². The van der Waals surface area contributed by atoms with Crippen LogP contribution in [0.2, 0.25) is 0 Å². The molecule has 0 amide bonds. The third kappa shape index (κ3) is 3.66. The van der Waals surface area contributed by atoms with Gasteiger partial charge in [-0.2, -0.15) is 0 Å². The van der Waals surface area contributed by atoms with E-state index in [1.807, 2.05) is 53.7 Å². The van der Waals surface area contributed by atoms with Gasteiger partial charge in [-0.25, -0.2) is 4.57 Å². The molecule has 37 heavy (non-hydrogen) atoms. The molecule has 0 fully saturated rings. The molecule has 0 saturated heterocycles. The first-order valence-corrected chi connectivity index (χ1v) is 13.5. The summed E-state index contributed by atoms with van der Waals surface area (Å²) in [7, 11) is -4.76. The molecule has 0 aliphatic carbocycles. The Hall–Kier alpha value is -3.61. The number of aryl methyl sites for hydroxylation is 2. The number of phosphoric acid groups is 1. The number of phenols is 4. The maximum Gasteiger partial charge on any atom is 0.584 e. The lowest BCUT2D eigenvalue weighted by atomic mass is 9.85. The van der Waals surface area contributed by atoms with Crippen LogP contribution in [0.3, 0.4) is 0 Å². The topological polar surface area (TPSA) is 137 Å². The average Bonchev–Trinajstić information content (AvgIpc) is 2.90. The van der Waals surface area contributed by atoms with E-state index in [1.54, 1.807) is 0 Å². The summed E-state index contributed by atoms with van der Waals surface area (Å²) < 4.78 is 24.7. The maximum atomic E-state index is 13.3. The smallest absolute Gasteiger partial charge is 0.504 e. The van der Waals surface area contributed by atoms with Crippen molar-refractivity contribution in [1.82, 2.24) is 0 Å². The number of phenolic OH excluding ortho intramolecular Hbond substituents is 4. The van der Waals surface area contributed by atoms with Crippen molar-refractivity contribution in [3.63, 3.8) is 0 Å². The minimum atomic E-state index is -4.76. The standard InChI is InChI=1S/C28H29O8P/c1-11(2)21-15-7-13(5)23-24-14(6)8-16-18(10-20(30)26(32)22(16)12(3)4)28(24)36-37(33,34)35-27(23)17(15)9-19(29)25(21)31/h7-12,29-32H,1-6H3,(H,33,34). The predicted octanol–water partition coefficient (Wildman–Crippen LogP) is 7.22. The second kappa shape index (κ2) is 8.20.